The van der Waals surface area contributed by atoms with Crippen LogP contribution in [0.25, 0.3) is 11.6 Å². The lowest BCUT2D eigenvalue weighted by molar-refractivity contribution is -0.115. The first-order valence-electron chi connectivity index (χ1n) is 18.9. The maximum absolute atomic E-state index is 14.0. The van der Waals surface area contributed by atoms with Gasteiger partial charge in [0, 0.05) is 29.5 Å². The number of benzene rings is 4. The van der Waals surface area contributed by atoms with E-state index in [0.29, 0.717) is 5.56 Å². The second-order valence-corrected chi connectivity index (χ2v) is 15.9. The van der Waals surface area contributed by atoms with E-state index in [1.54, 1.807) is 13.3 Å². The molecule has 2 unspecified atom stereocenters. The molecule has 4 bridgehead atoms. The van der Waals surface area contributed by atoms with Gasteiger partial charge in [-0.05, 0) is 137 Å². The van der Waals surface area contributed by atoms with Crippen LogP contribution in [0.4, 0.5) is 11.4 Å². The van der Waals surface area contributed by atoms with Crippen LogP contribution in [0.1, 0.15) is 72.3 Å². The number of aliphatic imine (C=N–C) groups is 1. The largest absolute Gasteiger partial charge is 0.497 e. The van der Waals surface area contributed by atoms with E-state index in [-0.39, 0.29) is 22.9 Å². The number of ether oxygens (including phenoxy) is 1. The zero-order valence-electron chi connectivity index (χ0n) is 29.7. The third kappa shape index (κ3) is 5.83. The minimum Gasteiger partial charge on any atom is -0.497 e. The van der Waals surface area contributed by atoms with E-state index in [4.69, 9.17) is 10.5 Å². The molecule has 4 fully saturated rings. The number of carbonyl (C=O) groups is 2. The van der Waals surface area contributed by atoms with Crippen molar-refractivity contribution in [2.45, 2.75) is 63.3 Å². The van der Waals surface area contributed by atoms with E-state index >= 15 is 0 Å². The second-order valence-electron chi connectivity index (χ2n) is 15.9. The third-order valence-corrected chi connectivity index (χ3v) is 12.6. The van der Waals surface area contributed by atoms with Crippen molar-refractivity contribution in [2.75, 3.05) is 12.4 Å². The van der Waals surface area contributed by atoms with Crippen molar-refractivity contribution < 1.29 is 14.3 Å². The molecule has 1 heterocycles. The average Bonchev–Trinajstić information content (AvgIpc) is 3.41. The summed E-state index contributed by atoms with van der Waals surface area (Å²) in [7, 11) is 1.68. The Balaban J connectivity index is 0.000000279. The lowest BCUT2D eigenvalue weighted by atomic mass is 9.48. The van der Waals surface area contributed by atoms with Gasteiger partial charge in [-0.3, -0.25) is 14.6 Å². The molecule has 0 spiro atoms. The van der Waals surface area contributed by atoms with Crippen molar-refractivity contribution in [3.05, 3.63) is 135 Å². The number of carbonyl (C=O) groups excluding carboxylic acids is 2. The molecular weight excluding hydrogens is 643 g/mol. The number of fused-ring (bicyclic) bond motifs is 5. The van der Waals surface area contributed by atoms with Crippen LogP contribution in [-0.4, -0.2) is 30.9 Å². The van der Waals surface area contributed by atoms with Crippen LogP contribution in [0.3, 0.4) is 0 Å². The number of methoxy groups -OCH3 is 1. The number of rotatable bonds is 5. The van der Waals surface area contributed by atoms with Crippen molar-refractivity contribution >= 4 is 40.8 Å². The summed E-state index contributed by atoms with van der Waals surface area (Å²) in [6.07, 6.45) is 17.1. The molecule has 52 heavy (non-hydrogen) atoms. The molecular formula is C46H45N3O3. The predicted octanol–water partition coefficient (Wildman–Crippen LogP) is 7.28. The Morgan fingerprint density at radius 1 is 0.808 bits per heavy atom. The van der Waals surface area contributed by atoms with Gasteiger partial charge in [0.25, 0.3) is 0 Å². The monoisotopic (exact) mass is 687 g/mol. The molecule has 4 saturated carbocycles. The Hall–Kier alpha value is -5.07. The van der Waals surface area contributed by atoms with Gasteiger partial charge in [-0.2, -0.15) is 0 Å². The molecule has 6 nitrogen and oxygen atoms in total. The molecule has 3 N–H and O–H groups in total. The standard InChI is InChI=1S/C37H37NO3.C9H8N2/c1-41-27-8-6-21(7-9-27)15-26-16-25-4-2-3-5-28(25)29-10-11-30-31(35(39)34(38)36(40)33(30)32(26)29)20-37-17-22-12-23(18-37)14-24(13-22)19-37;1-2-5-9-8(4-1)10-6-3-7-11-9/h2-11,16,22-24,26,34H,12-15,17-20,38H2,1H3;1-7,10H. The number of nitrogens with zero attached hydrogens (tertiary/aromatic N) is 1. The van der Waals surface area contributed by atoms with Crippen LogP contribution in [0.5, 0.6) is 5.75 Å². The number of nitrogens with one attached hydrogen (secondary N) is 1. The maximum Gasteiger partial charge on any atom is 0.188 e. The molecule has 0 saturated heterocycles. The minimum atomic E-state index is -1.11. The number of hydrogen-bond donors (Lipinski definition) is 2. The molecule has 0 amide bonds. The van der Waals surface area contributed by atoms with Gasteiger partial charge in [0.2, 0.25) is 0 Å². The SMILES string of the molecule is C1=CNc2ccccc2N=C1.COc1ccc(CC2C=c3ccccc3=c3ccc4c(c32)C(=O)C(N)C(=O)C=4CC23CC4CC(CC(C4)C2)C3)cc1. The number of ketones is 2. The summed E-state index contributed by atoms with van der Waals surface area (Å²) in [5, 5.41) is 7.37. The van der Waals surface area contributed by atoms with Crippen LogP contribution < -0.4 is 26.2 Å². The third-order valence-electron chi connectivity index (χ3n) is 12.6. The van der Waals surface area contributed by atoms with Gasteiger partial charge >= 0.3 is 0 Å². The number of para-hydroxylation sites is 2. The van der Waals surface area contributed by atoms with Gasteiger partial charge in [-0.15, -0.1) is 0 Å². The molecule has 2 atom stereocenters. The van der Waals surface area contributed by atoms with Gasteiger partial charge in [-0.25, -0.2) is 0 Å². The van der Waals surface area contributed by atoms with Crippen LogP contribution in [0, 0.1) is 33.6 Å². The first kappa shape index (κ1) is 32.8. The van der Waals surface area contributed by atoms with E-state index in [9.17, 15) is 9.59 Å². The quantitative estimate of drug-likeness (QED) is 0.215. The molecule has 262 valence electrons. The zero-order valence-corrected chi connectivity index (χ0v) is 29.7. The zero-order chi connectivity index (χ0) is 35.4. The van der Waals surface area contributed by atoms with Crippen molar-refractivity contribution in [1.82, 2.24) is 0 Å². The summed E-state index contributed by atoms with van der Waals surface area (Å²) in [5.41, 5.74) is 12.5. The summed E-state index contributed by atoms with van der Waals surface area (Å²) in [5.74, 6) is 2.87. The topological polar surface area (TPSA) is 93.8 Å². The summed E-state index contributed by atoms with van der Waals surface area (Å²) in [6, 6.07) is 27.7. The highest BCUT2D eigenvalue weighted by molar-refractivity contribution is 6.32. The lowest BCUT2D eigenvalue weighted by Crippen LogP contribution is -2.51. The van der Waals surface area contributed by atoms with Gasteiger partial charge < -0.3 is 15.8 Å². The Kier molecular flexibility index (Phi) is 8.31. The molecule has 1 aliphatic heterocycles. The predicted molar refractivity (Wildman–Crippen MR) is 207 cm³/mol. The smallest absolute Gasteiger partial charge is 0.188 e. The van der Waals surface area contributed by atoms with Crippen molar-refractivity contribution in [1.29, 1.82) is 0 Å². The number of allylic oxidation sites excluding steroid dienone is 1. The molecule has 11 rings (SSSR count). The summed E-state index contributed by atoms with van der Waals surface area (Å²) < 4.78 is 5.38. The molecule has 0 radical (unpaired) electrons. The Morgan fingerprint density at radius 2 is 1.50 bits per heavy atom. The van der Waals surface area contributed by atoms with E-state index in [1.165, 1.54) is 49.3 Å². The highest BCUT2D eigenvalue weighted by Gasteiger charge is 2.52. The number of anilines is 1. The van der Waals surface area contributed by atoms with Gasteiger partial charge in [0.1, 0.15) is 11.8 Å². The van der Waals surface area contributed by atoms with E-state index < -0.39 is 6.04 Å². The highest BCUT2D eigenvalue weighted by Crippen LogP contribution is 2.62. The maximum atomic E-state index is 14.0. The van der Waals surface area contributed by atoms with E-state index in [2.05, 4.69) is 64.9 Å². The van der Waals surface area contributed by atoms with Crippen molar-refractivity contribution in [2.24, 2.45) is 33.9 Å². The fourth-order valence-electron chi connectivity index (χ4n) is 10.8. The summed E-state index contributed by atoms with van der Waals surface area (Å²) in [6.45, 7) is 0. The number of Topliss-reactive ketones (excluding diaryl/α,β-unsaturated/α-hetero) is 2. The first-order valence-corrected chi connectivity index (χ1v) is 18.9. The average molecular weight is 688 g/mol. The van der Waals surface area contributed by atoms with Crippen molar-refractivity contribution in [3.8, 4) is 5.75 Å². The van der Waals surface area contributed by atoms with Crippen molar-refractivity contribution in [3.63, 3.8) is 0 Å². The minimum absolute atomic E-state index is 0.00611. The van der Waals surface area contributed by atoms with Crippen LogP contribution in [-0.2, 0) is 11.2 Å². The Labute approximate surface area is 304 Å². The highest BCUT2D eigenvalue weighted by atomic mass is 16.5. The van der Waals surface area contributed by atoms with Crippen LogP contribution in [0.2, 0.25) is 0 Å². The first-order chi connectivity index (χ1) is 25.4. The molecule has 6 aliphatic carbocycles. The summed E-state index contributed by atoms with van der Waals surface area (Å²) in [4.78, 5) is 32.0. The molecule has 0 aromatic heterocycles. The van der Waals surface area contributed by atoms with E-state index in [1.807, 2.05) is 48.7 Å². The second kappa shape index (κ2) is 13.2. The van der Waals surface area contributed by atoms with Crippen LogP contribution in [0.15, 0.2) is 102 Å². The molecule has 4 aromatic rings. The molecule has 6 heteroatoms. The van der Waals surface area contributed by atoms with Gasteiger partial charge in [0.05, 0.1) is 18.5 Å². The number of hydrogen-bond acceptors (Lipinski definition) is 6. The van der Waals surface area contributed by atoms with Gasteiger partial charge in [0.15, 0.2) is 11.6 Å². The summed E-state index contributed by atoms with van der Waals surface area (Å²) >= 11 is 0. The molecule has 7 aliphatic rings. The Bertz CT molecular complexity index is 2340. The lowest BCUT2D eigenvalue weighted by Gasteiger charge is -2.57. The normalized spacial score (nSPS) is 27.2. The fraction of sp³-hybridized carbons (Fsp3) is 0.326. The molecule has 4 aromatic carbocycles. The number of nitrogens with two attached hydrogens (primary N) is 1. The Morgan fingerprint density at radius 3 is 2.25 bits per heavy atom. The van der Waals surface area contributed by atoms with E-state index in [0.717, 1.165) is 74.5 Å². The van der Waals surface area contributed by atoms with Crippen LogP contribution >= 0.6 is 0 Å². The van der Waals surface area contributed by atoms with Gasteiger partial charge in [-0.1, -0.05) is 66.7 Å². The fourth-order valence-corrected chi connectivity index (χ4v) is 10.8.